The molecule has 2 fully saturated rings. The van der Waals surface area contributed by atoms with Gasteiger partial charge in [0.1, 0.15) is 12.0 Å². The number of morpholine rings is 1. The molecule has 2 aliphatic rings. The number of amides is 4. The topological polar surface area (TPSA) is 125 Å². The van der Waals surface area contributed by atoms with E-state index in [1.165, 1.54) is 18.7 Å². The summed E-state index contributed by atoms with van der Waals surface area (Å²) in [5.74, 6) is -14.2. The zero-order valence-corrected chi connectivity index (χ0v) is 24.7. The number of halogens is 5. The fourth-order valence-corrected chi connectivity index (χ4v) is 5.31. The van der Waals surface area contributed by atoms with Gasteiger partial charge in [-0.05, 0) is 37.1 Å². The van der Waals surface area contributed by atoms with Crippen LogP contribution in [-0.2, 0) is 28.7 Å². The van der Waals surface area contributed by atoms with Crippen molar-refractivity contribution in [2.75, 3.05) is 32.8 Å². The third-order valence-electron chi connectivity index (χ3n) is 7.55. The van der Waals surface area contributed by atoms with Gasteiger partial charge in [-0.25, -0.2) is 0 Å². The van der Waals surface area contributed by atoms with Gasteiger partial charge in [0.05, 0.1) is 25.3 Å². The summed E-state index contributed by atoms with van der Waals surface area (Å²) in [6.07, 6.45) is -5.88. The van der Waals surface area contributed by atoms with E-state index in [1.54, 1.807) is 27.7 Å². The molecule has 0 aliphatic carbocycles. The highest BCUT2D eigenvalue weighted by Crippen LogP contribution is 2.39. The summed E-state index contributed by atoms with van der Waals surface area (Å²) in [6, 6.07) is -4.54. The number of carbonyl (C=O) groups excluding carboxylic acids is 5. The number of alkyl halides is 5. The highest BCUT2D eigenvalue weighted by molar-refractivity contribution is 6.05. The number of likely N-dealkylation sites (tertiary alicyclic amines) is 1. The van der Waals surface area contributed by atoms with E-state index in [0.717, 1.165) is 4.90 Å². The third kappa shape index (κ3) is 8.03. The number of nitrogens with zero attached hydrogens (tertiary/aromatic N) is 2. The minimum Gasteiger partial charge on any atom is -0.378 e. The largest absolute Gasteiger partial charge is 0.461 e. The molecule has 0 saturated carbocycles. The van der Waals surface area contributed by atoms with Crippen molar-refractivity contribution in [3.63, 3.8) is 0 Å². The van der Waals surface area contributed by atoms with Crippen LogP contribution in [0.3, 0.4) is 0 Å². The van der Waals surface area contributed by atoms with Crippen LogP contribution in [0.1, 0.15) is 54.4 Å². The summed E-state index contributed by atoms with van der Waals surface area (Å²) in [6.45, 7) is 10.3. The molecule has 0 spiro atoms. The van der Waals surface area contributed by atoms with Crippen molar-refractivity contribution in [1.29, 1.82) is 0 Å². The number of carbonyl (C=O) groups is 5. The smallest absolute Gasteiger partial charge is 0.378 e. The fraction of sp³-hybridized carbons (Fsp3) is 0.815. The molecule has 10 nitrogen and oxygen atoms in total. The first-order valence-electron chi connectivity index (χ1n) is 14.1. The molecular weight excluding hydrogens is 571 g/mol. The molecule has 2 unspecified atom stereocenters. The Bertz CT molecular complexity index is 1010. The van der Waals surface area contributed by atoms with Crippen molar-refractivity contribution >= 4 is 29.4 Å². The number of rotatable bonds is 11. The van der Waals surface area contributed by atoms with Gasteiger partial charge < -0.3 is 15.0 Å². The minimum atomic E-state index is -6.11. The summed E-state index contributed by atoms with van der Waals surface area (Å²) >= 11 is 0. The van der Waals surface area contributed by atoms with Crippen LogP contribution in [-0.4, -0.2) is 102 Å². The second-order valence-electron chi connectivity index (χ2n) is 11.8. The maximum atomic E-state index is 14.0. The van der Waals surface area contributed by atoms with Crippen LogP contribution in [0.2, 0.25) is 0 Å². The lowest BCUT2D eigenvalue weighted by molar-refractivity contribution is -0.271. The SMILES string of the molecule is CC(C)C(C(=O)N[C@H](C(=O)NC(=O)[C@@H]1CCCN1C(C(=O)C(F)(F)C(F)(F)F)C(C)C)C(C)C)C(=O)N1CCOCC1. The number of Topliss-reactive ketones (excluding diaryl/α,β-unsaturated/α-hetero) is 1. The Morgan fingerprint density at radius 1 is 0.810 bits per heavy atom. The second kappa shape index (κ2) is 14.2. The maximum absolute atomic E-state index is 14.0. The Labute approximate surface area is 242 Å². The van der Waals surface area contributed by atoms with Gasteiger partial charge >= 0.3 is 12.1 Å². The van der Waals surface area contributed by atoms with Gasteiger partial charge in [-0.2, -0.15) is 22.0 Å². The summed E-state index contributed by atoms with van der Waals surface area (Å²) in [5.41, 5.74) is 0. The molecule has 2 saturated heterocycles. The zero-order chi connectivity index (χ0) is 32.2. The van der Waals surface area contributed by atoms with Crippen LogP contribution < -0.4 is 10.6 Å². The summed E-state index contributed by atoms with van der Waals surface area (Å²) < 4.78 is 72.2. The summed E-state index contributed by atoms with van der Waals surface area (Å²) in [4.78, 5) is 67.6. The first-order chi connectivity index (χ1) is 19.3. The zero-order valence-electron chi connectivity index (χ0n) is 24.7. The Morgan fingerprint density at radius 3 is 1.86 bits per heavy atom. The maximum Gasteiger partial charge on any atom is 0.461 e. The van der Waals surface area contributed by atoms with Crippen LogP contribution in [0.4, 0.5) is 22.0 Å². The number of ether oxygens (including phenoxy) is 1. The highest BCUT2D eigenvalue weighted by Gasteiger charge is 2.65. The van der Waals surface area contributed by atoms with Crippen molar-refractivity contribution in [3.05, 3.63) is 0 Å². The van der Waals surface area contributed by atoms with Gasteiger partial charge in [0, 0.05) is 13.1 Å². The molecule has 2 rings (SSSR count). The van der Waals surface area contributed by atoms with Crippen LogP contribution in [0.5, 0.6) is 0 Å². The van der Waals surface area contributed by atoms with Gasteiger partial charge in [-0.1, -0.05) is 41.5 Å². The average Bonchev–Trinajstić information content (AvgIpc) is 3.35. The highest BCUT2D eigenvalue weighted by atomic mass is 19.4. The Kier molecular flexibility index (Phi) is 12.0. The van der Waals surface area contributed by atoms with E-state index in [-0.39, 0.29) is 19.4 Å². The molecule has 42 heavy (non-hydrogen) atoms. The average molecular weight is 613 g/mol. The molecule has 0 aromatic heterocycles. The van der Waals surface area contributed by atoms with Gasteiger partial charge in [-0.3, -0.25) is 34.2 Å². The molecule has 0 bridgehead atoms. The number of hydrogen-bond donors (Lipinski definition) is 2. The van der Waals surface area contributed by atoms with E-state index in [9.17, 15) is 45.9 Å². The summed E-state index contributed by atoms with van der Waals surface area (Å²) in [5, 5.41) is 4.68. The number of imide groups is 1. The predicted octanol–water partition coefficient (Wildman–Crippen LogP) is 2.16. The molecule has 0 aromatic rings. The monoisotopic (exact) mass is 612 g/mol. The summed E-state index contributed by atoms with van der Waals surface area (Å²) in [7, 11) is 0. The molecule has 4 amide bonds. The molecule has 0 radical (unpaired) electrons. The minimum absolute atomic E-state index is 0.00931. The van der Waals surface area contributed by atoms with Crippen LogP contribution >= 0.6 is 0 Å². The fourth-order valence-electron chi connectivity index (χ4n) is 5.31. The van der Waals surface area contributed by atoms with Crippen LogP contribution in [0.25, 0.3) is 0 Å². The van der Waals surface area contributed by atoms with Crippen molar-refractivity contribution in [1.82, 2.24) is 20.4 Å². The standard InChI is InChI=1S/C27H41F5N4O6/c1-14(2)18(25(41)35-10-12-42-13-11-35)23(39)33-19(15(3)4)24(40)34-22(38)17-8-7-9-36(17)20(16(5)6)21(37)26(28,29)27(30,31)32/h14-20H,7-13H2,1-6H3,(H,33,39)(H,34,38,40)/t17-,18?,19-,20?/m0/s1. The van der Waals surface area contributed by atoms with E-state index in [0.29, 0.717) is 26.3 Å². The van der Waals surface area contributed by atoms with Crippen molar-refractivity contribution in [2.24, 2.45) is 23.7 Å². The van der Waals surface area contributed by atoms with Crippen LogP contribution in [0, 0.1) is 23.7 Å². The predicted molar refractivity (Wildman–Crippen MR) is 140 cm³/mol. The molecular formula is C27H41F5N4O6. The first-order valence-corrected chi connectivity index (χ1v) is 14.1. The van der Waals surface area contributed by atoms with Gasteiger partial charge in [0.2, 0.25) is 29.4 Å². The lowest BCUT2D eigenvalue weighted by Crippen LogP contribution is -2.60. The van der Waals surface area contributed by atoms with Gasteiger partial charge in [-0.15, -0.1) is 0 Å². The Hall–Kier alpha value is -2.68. The molecule has 2 N–H and O–H groups in total. The number of nitrogens with one attached hydrogen (secondary N) is 2. The Morgan fingerprint density at radius 2 is 1.38 bits per heavy atom. The van der Waals surface area contributed by atoms with Crippen LogP contribution in [0.15, 0.2) is 0 Å². The molecule has 0 aromatic carbocycles. The molecule has 15 heteroatoms. The molecule has 2 heterocycles. The van der Waals surface area contributed by atoms with Crippen molar-refractivity contribution < 1.29 is 50.7 Å². The van der Waals surface area contributed by atoms with Crippen molar-refractivity contribution in [3.8, 4) is 0 Å². The molecule has 240 valence electrons. The van der Waals surface area contributed by atoms with E-state index in [1.807, 2.05) is 0 Å². The van der Waals surface area contributed by atoms with E-state index in [2.05, 4.69) is 10.6 Å². The quantitative estimate of drug-likeness (QED) is 0.271. The number of ketones is 1. The van der Waals surface area contributed by atoms with E-state index >= 15 is 0 Å². The first kappa shape index (κ1) is 35.5. The normalized spacial score (nSPS) is 20.9. The number of hydrogen-bond acceptors (Lipinski definition) is 7. The lowest BCUT2D eigenvalue weighted by Gasteiger charge is -2.36. The molecule has 2 aliphatic heterocycles. The van der Waals surface area contributed by atoms with Gasteiger partial charge in [0.15, 0.2) is 0 Å². The van der Waals surface area contributed by atoms with Crippen molar-refractivity contribution in [2.45, 2.75) is 84.6 Å². The van der Waals surface area contributed by atoms with E-state index in [4.69, 9.17) is 4.74 Å². The van der Waals surface area contributed by atoms with Gasteiger partial charge in [0.25, 0.3) is 0 Å². The molecule has 4 atom stereocenters. The Balaban J connectivity index is 2.20. The second-order valence-corrected chi connectivity index (χ2v) is 11.8. The lowest BCUT2D eigenvalue weighted by atomic mass is 9.91. The third-order valence-corrected chi connectivity index (χ3v) is 7.55. The van der Waals surface area contributed by atoms with E-state index < -0.39 is 83.3 Å².